The zero-order valence-electron chi connectivity index (χ0n) is 17.3. The zero-order valence-corrected chi connectivity index (χ0v) is 18.8. The van der Waals surface area contributed by atoms with Gasteiger partial charge < -0.3 is 9.47 Å². The minimum absolute atomic E-state index is 0.110. The summed E-state index contributed by atoms with van der Waals surface area (Å²) >= 11 is 7.31. The lowest BCUT2D eigenvalue weighted by atomic mass is 10.1. The SMILES string of the molecule is COc1ccc(C(=O)CSc2nc3cc(Cl)ccc3c(=O)n2CC(C)C)c(OC)c1. The number of ether oxygens (including phenoxy) is 2. The van der Waals surface area contributed by atoms with Crippen LogP contribution in [-0.4, -0.2) is 35.3 Å². The number of Topliss-reactive ketones (excluding diaryl/α,β-unsaturated/α-hetero) is 1. The lowest BCUT2D eigenvalue weighted by molar-refractivity contribution is 0.101. The van der Waals surface area contributed by atoms with Crippen LogP contribution in [0.2, 0.25) is 5.02 Å². The van der Waals surface area contributed by atoms with E-state index in [2.05, 4.69) is 4.98 Å². The van der Waals surface area contributed by atoms with Crippen LogP contribution in [0.3, 0.4) is 0 Å². The van der Waals surface area contributed by atoms with Gasteiger partial charge in [0.25, 0.3) is 5.56 Å². The van der Waals surface area contributed by atoms with Crippen molar-refractivity contribution in [2.24, 2.45) is 5.92 Å². The van der Waals surface area contributed by atoms with Gasteiger partial charge in [-0.2, -0.15) is 0 Å². The Kier molecular flexibility index (Phi) is 7.05. The van der Waals surface area contributed by atoms with Crippen LogP contribution in [0.5, 0.6) is 11.5 Å². The molecule has 0 radical (unpaired) electrons. The number of ketones is 1. The second kappa shape index (κ2) is 9.53. The molecule has 0 spiro atoms. The molecule has 8 heteroatoms. The fraction of sp³-hybridized carbons (Fsp3) is 0.318. The highest BCUT2D eigenvalue weighted by atomic mass is 35.5. The number of benzene rings is 2. The van der Waals surface area contributed by atoms with Gasteiger partial charge in [0.15, 0.2) is 10.9 Å². The van der Waals surface area contributed by atoms with Gasteiger partial charge in [-0.3, -0.25) is 14.2 Å². The first kappa shape index (κ1) is 22.2. The van der Waals surface area contributed by atoms with Crippen LogP contribution in [0.4, 0.5) is 0 Å². The largest absolute Gasteiger partial charge is 0.497 e. The third-order valence-corrected chi connectivity index (χ3v) is 5.68. The lowest BCUT2D eigenvalue weighted by Crippen LogP contribution is -2.25. The van der Waals surface area contributed by atoms with E-state index in [0.717, 1.165) is 0 Å². The average Bonchev–Trinajstić information content (AvgIpc) is 2.73. The van der Waals surface area contributed by atoms with Crippen molar-refractivity contribution in [3.05, 3.63) is 57.3 Å². The highest BCUT2D eigenvalue weighted by Crippen LogP contribution is 2.27. The van der Waals surface area contributed by atoms with Crippen molar-refractivity contribution < 1.29 is 14.3 Å². The topological polar surface area (TPSA) is 70.4 Å². The number of fused-ring (bicyclic) bond motifs is 1. The fourth-order valence-electron chi connectivity index (χ4n) is 3.05. The molecule has 0 unspecified atom stereocenters. The molecule has 1 heterocycles. The van der Waals surface area contributed by atoms with Crippen molar-refractivity contribution >= 4 is 40.0 Å². The molecule has 0 saturated carbocycles. The van der Waals surface area contributed by atoms with Gasteiger partial charge in [0.1, 0.15) is 11.5 Å². The molecular formula is C22H23ClN2O4S. The Labute approximate surface area is 184 Å². The second-order valence-electron chi connectivity index (χ2n) is 7.14. The summed E-state index contributed by atoms with van der Waals surface area (Å²) in [6.07, 6.45) is 0. The number of carbonyl (C=O) groups excluding carboxylic acids is 1. The normalized spacial score (nSPS) is 11.1. The summed E-state index contributed by atoms with van der Waals surface area (Å²) in [4.78, 5) is 30.5. The van der Waals surface area contributed by atoms with Crippen molar-refractivity contribution in [3.8, 4) is 11.5 Å². The highest BCUT2D eigenvalue weighted by molar-refractivity contribution is 7.99. The van der Waals surface area contributed by atoms with E-state index in [1.54, 1.807) is 48.1 Å². The summed E-state index contributed by atoms with van der Waals surface area (Å²) in [7, 11) is 3.06. The van der Waals surface area contributed by atoms with Crippen molar-refractivity contribution in [2.45, 2.75) is 25.5 Å². The minimum Gasteiger partial charge on any atom is -0.497 e. The van der Waals surface area contributed by atoms with E-state index in [4.69, 9.17) is 21.1 Å². The Bertz CT molecular complexity index is 1140. The second-order valence-corrected chi connectivity index (χ2v) is 8.52. The molecular weight excluding hydrogens is 424 g/mol. The maximum Gasteiger partial charge on any atom is 0.262 e. The molecule has 2 aromatic carbocycles. The van der Waals surface area contributed by atoms with Gasteiger partial charge >= 0.3 is 0 Å². The molecule has 3 rings (SSSR count). The Morgan fingerprint density at radius 3 is 2.60 bits per heavy atom. The van der Waals surface area contributed by atoms with Crippen LogP contribution in [0, 0.1) is 5.92 Å². The molecule has 6 nitrogen and oxygen atoms in total. The number of hydrogen-bond acceptors (Lipinski definition) is 6. The van der Waals surface area contributed by atoms with Gasteiger partial charge in [-0.1, -0.05) is 37.2 Å². The van der Waals surface area contributed by atoms with Crippen LogP contribution >= 0.6 is 23.4 Å². The van der Waals surface area contributed by atoms with E-state index < -0.39 is 0 Å². The Morgan fingerprint density at radius 1 is 1.17 bits per heavy atom. The number of rotatable bonds is 8. The molecule has 0 N–H and O–H groups in total. The number of aromatic nitrogens is 2. The van der Waals surface area contributed by atoms with E-state index in [1.165, 1.54) is 18.9 Å². The summed E-state index contributed by atoms with van der Waals surface area (Å²) in [6, 6.07) is 10.1. The molecule has 0 fully saturated rings. The van der Waals surface area contributed by atoms with Gasteiger partial charge in [0.2, 0.25) is 0 Å². The van der Waals surface area contributed by atoms with Crippen molar-refractivity contribution in [1.82, 2.24) is 9.55 Å². The van der Waals surface area contributed by atoms with E-state index in [9.17, 15) is 9.59 Å². The van der Waals surface area contributed by atoms with E-state index >= 15 is 0 Å². The maximum absolute atomic E-state index is 13.0. The van der Waals surface area contributed by atoms with Crippen LogP contribution < -0.4 is 15.0 Å². The monoisotopic (exact) mass is 446 g/mol. The third-order valence-electron chi connectivity index (χ3n) is 4.47. The molecule has 0 atom stereocenters. The molecule has 0 amide bonds. The third kappa shape index (κ3) is 4.79. The van der Waals surface area contributed by atoms with E-state index in [1.807, 2.05) is 13.8 Å². The summed E-state index contributed by atoms with van der Waals surface area (Å²) in [5, 5.41) is 1.50. The quantitative estimate of drug-likeness (QED) is 0.284. The van der Waals surface area contributed by atoms with Crippen LogP contribution in [-0.2, 0) is 6.54 Å². The first-order chi connectivity index (χ1) is 14.3. The number of methoxy groups -OCH3 is 2. The fourth-order valence-corrected chi connectivity index (χ4v) is 4.11. The number of halogens is 1. The summed E-state index contributed by atoms with van der Waals surface area (Å²) in [5.74, 6) is 1.27. The molecule has 3 aromatic rings. The van der Waals surface area contributed by atoms with Crippen LogP contribution in [0.25, 0.3) is 10.9 Å². The molecule has 0 saturated heterocycles. The number of nitrogens with zero attached hydrogens (tertiary/aromatic N) is 2. The van der Waals surface area contributed by atoms with Gasteiger partial charge in [-0.05, 0) is 36.2 Å². The lowest BCUT2D eigenvalue weighted by Gasteiger charge is -2.15. The number of hydrogen-bond donors (Lipinski definition) is 0. The zero-order chi connectivity index (χ0) is 21.8. The van der Waals surface area contributed by atoms with E-state index in [0.29, 0.717) is 44.7 Å². The van der Waals surface area contributed by atoms with Gasteiger partial charge in [0, 0.05) is 17.6 Å². The van der Waals surface area contributed by atoms with Crippen molar-refractivity contribution in [3.63, 3.8) is 0 Å². The average molecular weight is 447 g/mol. The van der Waals surface area contributed by atoms with Gasteiger partial charge in [-0.25, -0.2) is 4.98 Å². The predicted molar refractivity (Wildman–Crippen MR) is 120 cm³/mol. The molecule has 30 heavy (non-hydrogen) atoms. The smallest absolute Gasteiger partial charge is 0.262 e. The van der Waals surface area contributed by atoms with E-state index in [-0.39, 0.29) is 23.0 Å². The van der Waals surface area contributed by atoms with Crippen LogP contribution in [0.1, 0.15) is 24.2 Å². The Morgan fingerprint density at radius 2 is 1.93 bits per heavy atom. The summed E-state index contributed by atoms with van der Waals surface area (Å²) in [6.45, 7) is 4.56. The molecule has 0 aliphatic rings. The summed E-state index contributed by atoms with van der Waals surface area (Å²) in [5.41, 5.74) is 0.833. The predicted octanol–water partition coefficient (Wildman–Crippen LogP) is 4.70. The van der Waals surface area contributed by atoms with Gasteiger partial charge in [-0.15, -0.1) is 0 Å². The molecule has 0 aliphatic heterocycles. The molecule has 0 aliphatic carbocycles. The molecule has 158 valence electrons. The van der Waals surface area contributed by atoms with Crippen LogP contribution in [0.15, 0.2) is 46.3 Å². The van der Waals surface area contributed by atoms with Crippen molar-refractivity contribution in [1.29, 1.82) is 0 Å². The number of thioether (sulfide) groups is 1. The van der Waals surface area contributed by atoms with Crippen molar-refractivity contribution in [2.75, 3.05) is 20.0 Å². The molecule has 1 aromatic heterocycles. The standard InChI is InChI=1S/C22H23ClN2O4S/c1-13(2)11-25-21(27)16-7-5-14(23)9-18(16)24-22(25)30-12-19(26)17-8-6-15(28-3)10-20(17)29-4/h5-10,13H,11-12H2,1-4H3. The Hall–Kier alpha value is -2.51. The van der Waals surface area contributed by atoms with Gasteiger partial charge in [0.05, 0.1) is 36.4 Å². The first-order valence-corrected chi connectivity index (χ1v) is 10.8. The summed E-state index contributed by atoms with van der Waals surface area (Å²) < 4.78 is 12.1. The highest BCUT2D eigenvalue weighted by Gasteiger charge is 2.18. The molecule has 0 bridgehead atoms. The Balaban J connectivity index is 1.95. The number of carbonyl (C=O) groups is 1. The first-order valence-electron chi connectivity index (χ1n) is 9.42. The minimum atomic E-state index is -0.137. The maximum atomic E-state index is 13.0.